The highest BCUT2D eigenvalue weighted by molar-refractivity contribution is 5.35. The molecule has 0 saturated carbocycles. The van der Waals surface area contributed by atoms with Gasteiger partial charge in [0.1, 0.15) is 0 Å². The van der Waals surface area contributed by atoms with Gasteiger partial charge in [-0.15, -0.1) is 0 Å². The van der Waals surface area contributed by atoms with Gasteiger partial charge in [-0.25, -0.2) is 0 Å². The Morgan fingerprint density at radius 3 is 2.60 bits per heavy atom. The van der Waals surface area contributed by atoms with E-state index in [0.717, 1.165) is 0 Å². The van der Waals surface area contributed by atoms with Crippen LogP contribution in [0.5, 0.6) is 0 Å². The zero-order valence-corrected chi connectivity index (χ0v) is 9.06. The lowest BCUT2D eigenvalue weighted by Gasteiger charge is -2.08. The quantitative estimate of drug-likeness (QED) is 0.563. The first-order valence-corrected chi connectivity index (χ1v) is 4.77. The lowest BCUT2D eigenvalue weighted by molar-refractivity contribution is -0.385. The molecule has 1 aromatic heterocycles. The van der Waals surface area contributed by atoms with Crippen molar-refractivity contribution in [2.75, 3.05) is 0 Å². The van der Waals surface area contributed by atoms with Crippen LogP contribution in [-0.4, -0.2) is 9.49 Å². The number of aryl methyl sites for hydroxylation is 1. The van der Waals surface area contributed by atoms with Crippen LogP contribution in [0.1, 0.15) is 19.4 Å². The smallest absolute Gasteiger partial charge is 0.288 e. The summed E-state index contributed by atoms with van der Waals surface area (Å²) in [5, 5.41) is 10.7. The summed E-state index contributed by atoms with van der Waals surface area (Å²) in [6.45, 7) is 5.98. The number of nitrogens with zero attached hydrogens (tertiary/aromatic N) is 2. The number of nitro groups is 1. The molecule has 1 rings (SSSR count). The molecule has 0 aliphatic heterocycles. The van der Waals surface area contributed by atoms with Crippen LogP contribution in [-0.2, 0) is 6.54 Å². The Balaban J connectivity index is 3.24. The second-order valence-corrected chi connectivity index (χ2v) is 3.98. The Hall–Kier alpha value is -1.65. The van der Waals surface area contributed by atoms with Gasteiger partial charge in [-0.3, -0.25) is 14.9 Å². The lowest BCUT2D eigenvalue weighted by Crippen LogP contribution is -2.22. The molecule has 0 atom stereocenters. The summed E-state index contributed by atoms with van der Waals surface area (Å²) >= 11 is 0. The van der Waals surface area contributed by atoms with Crippen molar-refractivity contribution < 1.29 is 4.92 Å². The number of pyridine rings is 1. The van der Waals surface area contributed by atoms with Gasteiger partial charge in [0.2, 0.25) is 0 Å². The fraction of sp³-hybridized carbons (Fsp3) is 0.500. The van der Waals surface area contributed by atoms with Crippen LogP contribution in [0.3, 0.4) is 0 Å². The first kappa shape index (κ1) is 11.4. The molecule has 0 spiro atoms. The average molecular weight is 210 g/mol. The van der Waals surface area contributed by atoms with Gasteiger partial charge >= 0.3 is 0 Å². The van der Waals surface area contributed by atoms with Gasteiger partial charge in [-0.1, -0.05) is 13.8 Å². The molecule has 0 unspecified atom stereocenters. The predicted molar refractivity (Wildman–Crippen MR) is 56.9 cm³/mol. The molecule has 1 heterocycles. The molecule has 0 N–H and O–H groups in total. The van der Waals surface area contributed by atoms with Gasteiger partial charge in [0, 0.05) is 18.2 Å². The second kappa shape index (κ2) is 4.25. The van der Waals surface area contributed by atoms with Crippen molar-refractivity contribution in [1.29, 1.82) is 0 Å². The maximum absolute atomic E-state index is 11.5. The number of rotatable bonds is 3. The standard InChI is InChI=1S/C10H14N2O3/c1-7(2)5-11-6-9(12(14)15)8(3)4-10(11)13/h4,6-7H,5H2,1-3H3. The molecule has 0 aliphatic rings. The molecule has 0 aliphatic carbocycles. The van der Waals surface area contributed by atoms with Crippen molar-refractivity contribution in [3.8, 4) is 0 Å². The zero-order chi connectivity index (χ0) is 11.6. The van der Waals surface area contributed by atoms with E-state index in [1.807, 2.05) is 13.8 Å². The highest BCUT2D eigenvalue weighted by Crippen LogP contribution is 2.14. The summed E-state index contributed by atoms with van der Waals surface area (Å²) in [4.78, 5) is 21.7. The van der Waals surface area contributed by atoms with Crippen molar-refractivity contribution in [3.05, 3.63) is 38.3 Å². The number of hydrogen-bond donors (Lipinski definition) is 0. The summed E-state index contributed by atoms with van der Waals surface area (Å²) in [6, 6.07) is 1.31. The van der Waals surface area contributed by atoms with Crippen LogP contribution >= 0.6 is 0 Å². The Morgan fingerprint density at radius 1 is 1.53 bits per heavy atom. The number of aromatic nitrogens is 1. The van der Waals surface area contributed by atoms with Crippen molar-refractivity contribution in [2.24, 2.45) is 5.92 Å². The molecular formula is C10H14N2O3. The summed E-state index contributed by atoms with van der Waals surface area (Å²) in [6.07, 6.45) is 1.32. The van der Waals surface area contributed by atoms with Crippen LogP contribution in [0.4, 0.5) is 5.69 Å². The van der Waals surface area contributed by atoms with Gasteiger partial charge < -0.3 is 4.57 Å². The first-order valence-electron chi connectivity index (χ1n) is 4.77. The van der Waals surface area contributed by atoms with E-state index in [0.29, 0.717) is 12.1 Å². The Morgan fingerprint density at radius 2 is 2.13 bits per heavy atom. The molecule has 0 amide bonds. The monoisotopic (exact) mass is 210 g/mol. The third-order valence-electron chi connectivity index (χ3n) is 2.06. The van der Waals surface area contributed by atoms with Crippen LogP contribution < -0.4 is 5.56 Å². The van der Waals surface area contributed by atoms with E-state index in [1.54, 1.807) is 6.92 Å². The molecule has 15 heavy (non-hydrogen) atoms. The molecule has 5 nitrogen and oxygen atoms in total. The minimum Gasteiger partial charge on any atom is -0.309 e. The highest BCUT2D eigenvalue weighted by atomic mass is 16.6. The third kappa shape index (κ3) is 2.65. The molecule has 0 radical (unpaired) electrons. The van der Waals surface area contributed by atoms with E-state index in [-0.39, 0.29) is 17.2 Å². The summed E-state index contributed by atoms with van der Waals surface area (Å²) in [5.41, 5.74) is 0.215. The molecule has 0 bridgehead atoms. The summed E-state index contributed by atoms with van der Waals surface area (Å²) in [7, 11) is 0. The molecule has 0 aromatic carbocycles. The van der Waals surface area contributed by atoms with Crippen LogP contribution in [0, 0.1) is 23.0 Å². The molecule has 82 valence electrons. The minimum atomic E-state index is -0.467. The maximum atomic E-state index is 11.5. The molecule has 0 saturated heterocycles. The van der Waals surface area contributed by atoms with Gasteiger partial charge in [0.25, 0.3) is 11.2 Å². The van der Waals surface area contributed by atoms with Crippen molar-refractivity contribution in [3.63, 3.8) is 0 Å². The van der Waals surface area contributed by atoms with Crippen LogP contribution in [0.15, 0.2) is 17.1 Å². The Labute approximate surface area is 87.5 Å². The lowest BCUT2D eigenvalue weighted by atomic mass is 10.2. The van der Waals surface area contributed by atoms with E-state index in [1.165, 1.54) is 16.8 Å². The second-order valence-electron chi connectivity index (χ2n) is 3.98. The Kier molecular flexibility index (Phi) is 3.24. The van der Waals surface area contributed by atoms with E-state index in [9.17, 15) is 14.9 Å². The summed E-state index contributed by atoms with van der Waals surface area (Å²) in [5.74, 6) is 0.282. The maximum Gasteiger partial charge on any atom is 0.288 e. The first-order chi connectivity index (χ1) is 6.91. The molecule has 5 heteroatoms. The van der Waals surface area contributed by atoms with Gasteiger partial charge in [-0.2, -0.15) is 0 Å². The van der Waals surface area contributed by atoms with Gasteiger partial charge in [0.05, 0.1) is 11.1 Å². The largest absolute Gasteiger partial charge is 0.309 e. The third-order valence-corrected chi connectivity index (χ3v) is 2.06. The SMILES string of the molecule is Cc1cc(=O)n(CC(C)C)cc1[N+](=O)[O-]. The molecule has 1 aromatic rings. The van der Waals surface area contributed by atoms with Crippen LogP contribution in [0.2, 0.25) is 0 Å². The zero-order valence-electron chi connectivity index (χ0n) is 9.06. The van der Waals surface area contributed by atoms with E-state index >= 15 is 0 Å². The normalized spacial score (nSPS) is 10.7. The van der Waals surface area contributed by atoms with E-state index in [4.69, 9.17) is 0 Å². The van der Waals surface area contributed by atoms with Crippen molar-refractivity contribution >= 4 is 5.69 Å². The number of hydrogen-bond acceptors (Lipinski definition) is 3. The molecular weight excluding hydrogens is 196 g/mol. The minimum absolute atomic E-state index is 0.00440. The fourth-order valence-electron chi connectivity index (χ4n) is 1.38. The predicted octanol–water partition coefficient (Wildman–Crippen LogP) is 1.72. The van der Waals surface area contributed by atoms with Gasteiger partial charge in [-0.05, 0) is 12.8 Å². The van der Waals surface area contributed by atoms with Crippen molar-refractivity contribution in [2.45, 2.75) is 27.3 Å². The van der Waals surface area contributed by atoms with E-state index in [2.05, 4.69) is 0 Å². The highest BCUT2D eigenvalue weighted by Gasteiger charge is 2.13. The fourth-order valence-corrected chi connectivity index (χ4v) is 1.38. The average Bonchev–Trinajstić information content (AvgIpc) is 2.08. The Bertz CT molecular complexity index is 435. The van der Waals surface area contributed by atoms with Crippen LogP contribution in [0.25, 0.3) is 0 Å². The summed E-state index contributed by atoms with van der Waals surface area (Å²) < 4.78 is 1.38. The van der Waals surface area contributed by atoms with Crippen molar-refractivity contribution in [1.82, 2.24) is 4.57 Å². The molecule has 0 fully saturated rings. The van der Waals surface area contributed by atoms with Gasteiger partial charge in [0.15, 0.2) is 0 Å². The van der Waals surface area contributed by atoms with E-state index < -0.39 is 4.92 Å². The topological polar surface area (TPSA) is 65.1 Å².